The summed E-state index contributed by atoms with van der Waals surface area (Å²) >= 11 is 1.50. The van der Waals surface area contributed by atoms with E-state index in [1.807, 2.05) is 22.9 Å². The van der Waals surface area contributed by atoms with Crippen LogP contribution in [-0.4, -0.2) is 40.8 Å². The van der Waals surface area contributed by atoms with Crippen LogP contribution < -0.4 is 10.9 Å². The van der Waals surface area contributed by atoms with Gasteiger partial charge in [-0.05, 0) is 49.1 Å². The number of hydrogen-bond donors (Lipinski definition) is 2. The second-order valence-electron chi connectivity index (χ2n) is 7.01. The van der Waals surface area contributed by atoms with Crippen LogP contribution in [-0.2, 0) is 0 Å². The van der Waals surface area contributed by atoms with Crippen molar-refractivity contribution in [1.29, 1.82) is 0 Å². The van der Waals surface area contributed by atoms with Crippen molar-refractivity contribution in [3.05, 3.63) is 56.1 Å². The highest BCUT2D eigenvalue weighted by molar-refractivity contribution is 7.08. The summed E-state index contributed by atoms with van der Waals surface area (Å²) in [6, 6.07) is 5.10. The molecular formula is C19H21N3O3S. The Kier molecular flexibility index (Phi) is 4.63. The Morgan fingerprint density at radius 2 is 1.88 bits per heavy atom. The summed E-state index contributed by atoms with van der Waals surface area (Å²) in [6.07, 6.45) is 3.59. The smallest absolute Gasteiger partial charge is 0.254 e. The van der Waals surface area contributed by atoms with Crippen molar-refractivity contribution in [1.82, 2.24) is 15.2 Å². The van der Waals surface area contributed by atoms with Gasteiger partial charge in [0.05, 0.1) is 0 Å². The third kappa shape index (κ3) is 3.72. The SMILES string of the molecule is O=C(NC1CCN(C(=O)c2cc(C3CC3)[nH]c(=O)c2)CC1)c1ccsc1. The molecule has 0 spiro atoms. The van der Waals surface area contributed by atoms with E-state index in [0.717, 1.165) is 31.4 Å². The Hall–Kier alpha value is -2.41. The molecule has 6 nitrogen and oxygen atoms in total. The fraction of sp³-hybridized carbons (Fsp3) is 0.421. The molecule has 2 fully saturated rings. The topological polar surface area (TPSA) is 82.3 Å². The van der Waals surface area contributed by atoms with Gasteiger partial charge < -0.3 is 15.2 Å². The van der Waals surface area contributed by atoms with E-state index in [0.29, 0.717) is 30.1 Å². The Labute approximate surface area is 155 Å². The summed E-state index contributed by atoms with van der Waals surface area (Å²) in [5.41, 5.74) is 1.82. The summed E-state index contributed by atoms with van der Waals surface area (Å²) < 4.78 is 0. The third-order valence-corrected chi connectivity index (χ3v) is 5.71. The number of nitrogens with one attached hydrogen (secondary N) is 2. The fourth-order valence-corrected chi connectivity index (χ4v) is 4.01. The number of H-pyrrole nitrogens is 1. The molecule has 2 aromatic heterocycles. The number of aromatic nitrogens is 1. The number of hydrogen-bond acceptors (Lipinski definition) is 4. The van der Waals surface area contributed by atoms with E-state index >= 15 is 0 Å². The van der Waals surface area contributed by atoms with Crippen LogP contribution in [0.3, 0.4) is 0 Å². The molecule has 2 N–H and O–H groups in total. The first-order valence-corrected chi connectivity index (χ1v) is 9.91. The number of aromatic amines is 1. The average molecular weight is 371 g/mol. The number of rotatable bonds is 4. The van der Waals surface area contributed by atoms with Gasteiger partial charge in [0.25, 0.3) is 11.8 Å². The van der Waals surface area contributed by atoms with Crippen molar-refractivity contribution in [2.45, 2.75) is 37.6 Å². The first-order chi connectivity index (χ1) is 12.6. The maximum atomic E-state index is 12.7. The van der Waals surface area contributed by atoms with Gasteiger partial charge in [-0.3, -0.25) is 14.4 Å². The largest absolute Gasteiger partial charge is 0.349 e. The van der Waals surface area contributed by atoms with Crippen LogP contribution in [0.15, 0.2) is 33.8 Å². The van der Waals surface area contributed by atoms with Gasteiger partial charge in [0.15, 0.2) is 0 Å². The molecular weight excluding hydrogens is 350 g/mol. The van der Waals surface area contributed by atoms with Crippen molar-refractivity contribution < 1.29 is 9.59 Å². The van der Waals surface area contributed by atoms with Gasteiger partial charge in [-0.2, -0.15) is 11.3 Å². The number of carbonyl (C=O) groups is 2. The van der Waals surface area contributed by atoms with Crippen molar-refractivity contribution in [3.8, 4) is 0 Å². The minimum absolute atomic E-state index is 0.0558. The molecule has 1 aliphatic carbocycles. The molecule has 136 valence electrons. The molecule has 1 saturated carbocycles. The standard InChI is InChI=1S/C19H21N3O3S/c23-17-10-14(9-16(21-17)12-1-2-12)19(25)22-6-3-15(4-7-22)20-18(24)13-5-8-26-11-13/h5,8-12,15H,1-4,6-7H2,(H,20,24)(H,21,23). The van der Waals surface area contributed by atoms with Gasteiger partial charge in [0.2, 0.25) is 5.56 Å². The van der Waals surface area contributed by atoms with Gasteiger partial charge in [-0.15, -0.1) is 0 Å². The van der Waals surface area contributed by atoms with E-state index in [4.69, 9.17) is 0 Å². The lowest BCUT2D eigenvalue weighted by molar-refractivity contribution is 0.0697. The lowest BCUT2D eigenvalue weighted by atomic mass is 10.0. The summed E-state index contributed by atoms with van der Waals surface area (Å²) in [5, 5.41) is 6.75. The maximum Gasteiger partial charge on any atom is 0.254 e. The zero-order valence-electron chi connectivity index (χ0n) is 14.4. The number of likely N-dealkylation sites (tertiary alicyclic amines) is 1. The van der Waals surface area contributed by atoms with Crippen LogP contribution >= 0.6 is 11.3 Å². The van der Waals surface area contributed by atoms with Gasteiger partial charge in [0, 0.05) is 47.4 Å². The highest BCUT2D eigenvalue weighted by Gasteiger charge is 2.28. The molecule has 7 heteroatoms. The maximum absolute atomic E-state index is 12.7. The summed E-state index contributed by atoms with van der Waals surface area (Å²) in [7, 11) is 0. The van der Waals surface area contributed by atoms with E-state index in [1.165, 1.54) is 17.4 Å². The minimum atomic E-state index is -0.212. The number of amides is 2. The van der Waals surface area contributed by atoms with Gasteiger partial charge >= 0.3 is 0 Å². The molecule has 0 bridgehead atoms. The molecule has 0 unspecified atom stereocenters. The van der Waals surface area contributed by atoms with E-state index in [2.05, 4.69) is 10.3 Å². The predicted molar refractivity (Wildman–Crippen MR) is 99.7 cm³/mol. The molecule has 1 aliphatic heterocycles. The van der Waals surface area contributed by atoms with Gasteiger partial charge in [-0.1, -0.05) is 0 Å². The highest BCUT2D eigenvalue weighted by atomic mass is 32.1. The molecule has 3 heterocycles. The van der Waals surface area contributed by atoms with E-state index < -0.39 is 0 Å². The molecule has 0 aromatic carbocycles. The summed E-state index contributed by atoms with van der Waals surface area (Å²) in [4.78, 5) is 41.3. The van der Waals surface area contributed by atoms with Crippen molar-refractivity contribution in [2.75, 3.05) is 13.1 Å². The summed E-state index contributed by atoms with van der Waals surface area (Å²) in [5.74, 6) is 0.244. The van der Waals surface area contributed by atoms with E-state index in [1.54, 1.807) is 4.90 Å². The van der Waals surface area contributed by atoms with Crippen molar-refractivity contribution >= 4 is 23.2 Å². The lowest BCUT2D eigenvalue weighted by Crippen LogP contribution is -2.46. The normalized spacial score (nSPS) is 17.9. The molecule has 4 rings (SSSR count). The number of nitrogens with zero attached hydrogens (tertiary/aromatic N) is 1. The first-order valence-electron chi connectivity index (χ1n) is 8.97. The van der Waals surface area contributed by atoms with Crippen molar-refractivity contribution in [2.24, 2.45) is 0 Å². The zero-order valence-corrected chi connectivity index (χ0v) is 15.2. The average Bonchev–Trinajstić information content (AvgIpc) is 3.35. The van der Waals surface area contributed by atoms with Crippen LogP contribution in [0.2, 0.25) is 0 Å². The molecule has 2 amide bonds. The number of carbonyl (C=O) groups excluding carboxylic acids is 2. The fourth-order valence-electron chi connectivity index (χ4n) is 3.37. The van der Waals surface area contributed by atoms with Crippen LogP contribution in [0.25, 0.3) is 0 Å². The number of thiophene rings is 1. The van der Waals surface area contributed by atoms with E-state index in [-0.39, 0.29) is 23.4 Å². The van der Waals surface area contributed by atoms with Crippen molar-refractivity contribution in [3.63, 3.8) is 0 Å². The van der Waals surface area contributed by atoms with Gasteiger partial charge in [-0.25, -0.2) is 0 Å². The number of piperidine rings is 1. The summed E-state index contributed by atoms with van der Waals surface area (Å²) in [6.45, 7) is 1.16. The Balaban J connectivity index is 1.36. The van der Waals surface area contributed by atoms with Crippen LogP contribution in [0.5, 0.6) is 0 Å². The molecule has 2 aromatic rings. The van der Waals surface area contributed by atoms with E-state index in [9.17, 15) is 14.4 Å². The predicted octanol–water partition coefficient (Wildman–Crippen LogP) is 2.35. The highest BCUT2D eigenvalue weighted by Crippen LogP contribution is 2.38. The monoisotopic (exact) mass is 371 g/mol. The van der Waals surface area contributed by atoms with Gasteiger partial charge in [0.1, 0.15) is 0 Å². The number of pyridine rings is 1. The van der Waals surface area contributed by atoms with Crippen LogP contribution in [0.4, 0.5) is 0 Å². The Bertz CT molecular complexity index is 862. The minimum Gasteiger partial charge on any atom is -0.349 e. The lowest BCUT2D eigenvalue weighted by Gasteiger charge is -2.32. The molecule has 26 heavy (non-hydrogen) atoms. The second kappa shape index (κ2) is 7.07. The molecule has 2 aliphatic rings. The Morgan fingerprint density at radius 3 is 2.54 bits per heavy atom. The quantitative estimate of drug-likeness (QED) is 0.865. The third-order valence-electron chi connectivity index (χ3n) is 5.03. The van der Waals surface area contributed by atoms with Crippen LogP contribution in [0, 0.1) is 0 Å². The molecule has 0 atom stereocenters. The second-order valence-corrected chi connectivity index (χ2v) is 7.79. The molecule has 0 radical (unpaired) electrons. The zero-order chi connectivity index (χ0) is 18.1. The molecule has 1 saturated heterocycles. The Morgan fingerprint density at radius 1 is 1.12 bits per heavy atom. The first kappa shape index (κ1) is 17.0. The van der Waals surface area contributed by atoms with Crippen LogP contribution in [0.1, 0.15) is 58.0 Å².